The van der Waals surface area contributed by atoms with Crippen molar-refractivity contribution in [1.82, 2.24) is 20.4 Å². The highest BCUT2D eigenvalue weighted by molar-refractivity contribution is 6.45. The Morgan fingerprint density at radius 3 is 0.871 bits per heavy atom. The molecule has 0 saturated carbocycles. The maximum Gasteiger partial charge on any atom is 0.262 e. The monoisotopic (exact) mass is 1540 g/mol. The zero-order chi connectivity index (χ0) is 81.3. The number of ether oxygens (including phenoxy) is 4. The Morgan fingerprint density at radius 2 is 0.603 bits per heavy atom. The van der Waals surface area contributed by atoms with Crippen molar-refractivity contribution in [3.63, 3.8) is 0 Å². The Labute approximate surface area is 673 Å². The molecule has 0 spiro atoms. The van der Waals surface area contributed by atoms with Crippen LogP contribution in [0.2, 0.25) is 0 Å². The Bertz CT molecular complexity index is 5900. The van der Waals surface area contributed by atoms with Gasteiger partial charge in [-0.1, -0.05) is 231 Å². The molecule has 0 fully saturated rings. The van der Waals surface area contributed by atoms with Gasteiger partial charge in [-0.25, -0.2) is 0 Å². The van der Waals surface area contributed by atoms with Crippen molar-refractivity contribution in [3.8, 4) is 46.0 Å². The van der Waals surface area contributed by atoms with Gasteiger partial charge in [-0.05, 0) is 142 Å². The molecule has 0 radical (unpaired) electrons. The van der Waals surface area contributed by atoms with Crippen molar-refractivity contribution in [1.29, 1.82) is 0 Å². The van der Waals surface area contributed by atoms with E-state index in [-0.39, 0.29) is 104 Å². The van der Waals surface area contributed by atoms with Gasteiger partial charge < -0.3 is 38.4 Å². The van der Waals surface area contributed by atoms with Gasteiger partial charge >= 0.3 is 0 Å². The van der Waals surface area contributed by atoms with Crippen LogP contribution in [0.25, 0.3) is 87.0 Å². The lowest BCUT2D eigenvalue weighted by Crippen LogP contribution is -2.53. The molecule has 0 saturated heterocycles. The summed E-state index contributed by atoms with van der Waals surface area (Å²) in [6.45, 7) is 29.3. The summed E-state index contributed by atoms with van der Waals surface area (Å²) in [5, 5.41) is 12.2. The highest BCUT2D eigenvalue weighted by atomic mass is 16.5. The molecule has 6 amide bonds. The van der Waals surface area contributed by atoms with Crippen LogP contribution < -0.4 is 29.6 Å². The molecule has 2 atom stereocenters. The van der Waals surface area contributed by atoms with Gasteiger partial charge in [-0.15, -0.1) is 0 Å². The highest BCUT2D eigenvalue weighted by Gasteiger charge is 2.47. The molecular weight excluding hydrogens is 1450 g/mol. The number of imide groups is 2. The van der Waals surface area contributed by atoms with Crippen molar-refractivity contribution < 1.29 is 56.5 Å². The van der Waals surface area contributed by atoms with Crippen LogP contribution in [0, 0.1) is 0 Å². The van der Waals surface area contributed by atoms with E-state index >= 15 is 28.8 Å². The van der Waals surface area contributed by atoms with Gasteiger partial charge in [0.25, 0.3) is 23.6 Å². The van der Waals surface area contributed by atoms with Crippen molar-refractivity contribution >= 4 is 122 Å². The summed E-state index contributed by atoms with van der Waals surface area (Å²) >= 11 is 0. The first-order valence-corrected chi connectivity index (χ1v) is 40.0. The number of para-hydroxylation sites is 4. The first-order valence-electron chi connectivity index (χ1n) is 40.0. The summed E-state index contributed by atoms with van der Waals surface area (Å²) in [6.07, 6.45) is 0.982. The minimum absolute atomic E-state index is 0.0143. The van der Waals surface area contributed by atoms with E-state index in [1.165, 1.54) is 0 Å². The number of benzene rings is 13. The molecule has 0 aliphatic carbocycles. The first kappa shape index (κ1) is 75.8. The number of hydrogen-bond acceptors (Lipinski definition) is 12. The largest absolute Gasteiger partial charge is 0.457 e. The number of fused-ring (bicyclic) bond motifs is 8. The molecule has 16 heteroatoms. The van der Waals surface area contributed by atoms with E-state index in [4.69, 9.17) is 27.8 Å². The van der Waals surface area contributed by atoms with E-state index in [2.05, 4.69) is 93.7 Å². The van der Waals surface area contributed by atoms with Crippen LogP contribution in [0.4, 0.5) is 0 Å². The van der Waals surface area contributed by atoms with E-state index in [9.17, 15) is 0 Å². The third kappa shape index (κ3) is 13.2. The summed E-state index contributed by atoms with van der Waals surface area (Å²) in [5.41, 5.74) is 7.16. The third-order valence-electron chi connectivity index (χ3n) is 23.0. The molecular formula is C100H92N4O12. The predicted octanol–water partition coefficient (Wildman–Crippen LogP) is 24.1. The van der Waals surface area contributed by atoms with E-state index in [1.54, 1.807) is 24.3 Å². The maximum atomic E-state index is 16.7. The average Bonchev–Trinajstić information content (AvgIpc) is 0.679. The lowest BCUT2D eigenvalue weighted by molar-refractivity contribution is -0.126. The van der Waals surface area contributed by atoms with E-state index in [0.29, 0.717) is 102 Å². The summed E-state index contributed by atoms with van der Waals surface area (Å²) in [5.74, 6) is -2.23. The molecule has 17 rings (SSSR count). The molecule has 2 unspecified atom stereocenters. The number of nitrogens with one attached hydrogen (secondary N) is 2. The van der Waals surface area contributed by atoms with Gasteiger partial charge in [0.05, 0.1) is 22.3 Å². The Hall–Kier alpha value is -12.8. The van der Waals surface area contributed by atoms with Crippen LogP contribution in [-0.4, -0.2) is 57.3 Å². The number of rotatable bonds is 20. The highest BCUT2D eigenvalue weighted by Crippen LogP contribution is 2.59. The number of hydrogen-bond donors (Lipinski definition) is 2. The van der Waals surface area contributed by atoms with Crippen molar-refractivity contribution in [2.24, 2.45) is 0 Å². The SMILES string of the molecule is CCCC(C(=O)NCc1cccc2c1oc1ccccc12)N1C(=O)c2cc(Oc3ccc(C(C)(C)C)cc3)c3c4c(Oc5ccc(C(C)(C)C)cc5)cc5c6c(cc(Oc7ccc(C(C)(C)C)cc7)c(c7c(Oc8ccc(C(C)(C)C)cc8)cc(c2c37)C1=O)c64)C(=O)N(C(CCC)C(=O)NCc1cccc2c1oc1ccccc12)C5=O. The molecule has 4 heterocycles. The van der Waals surface area contributed by atoms with E-state index in [1.807, 2.05) is 196 Å². The fraction of sp³-hybridized carbons (Fsp3) is 0.260. The number of furan rings is 2. The lowest BCUT2D eigenvalue weighted by Gasteiger charge is -2.36. The number of carbonyl (C=O) groups excluding carboxylic acids is 6. The standard InChI is InChI=1S/C100H92N4O12/c1-15-23-73(91(105)101-53-55-25-21-29-67-65-27-17-19-31-75(65)115-89(55)67)103-93(107)69-49-77(111-61-41-33-57(34-42-61)97(3,4)5)83-85-79(113-63-45-37-59(38-46-63)99(9,10)11)51-71-82-72(96(110)104(95(71)109)74(24-16-2)92(106)102-54-56-26-22-30-68-66-28-18-20-32-76(66)116-90(56)68)52-80(114-64-47-39-60(40-48-64)100(12,13)14)86(88(82)85)84-78(50-70(94(103)108)81(69)87(83)84)112-62-43-35-58(36-44-62)98(6,7)8/h17-22,25-52,73-74H,15-16,23-24,53-54H2,1-14H3,(H,101,105)(H,102,106). The van der Waals surface area contributed by atoms with E-state index in [0.717, 1.165) is 53.6 Å². The fourth-order valence-electron chi connectivity index (χ4n) is 16.8. The van der Waals surface area contributed by atoms with Crippen LogP contribution in [0.1, 0.15) is 197 Å². The summed E-state index contributed by atoms with van der Waals surface area (Å²) in [7, 11) is 0. The summed E-state index contributed by atoms with van der Waals surface area (Å²) in [4.78, 5) is 99.7. The van der Waals surface area contributed by atoms with Gasteiger partial charge in [-0.2, -0.15) is 0 Å². The first-order chi connectivity index (χ1) is 55.4. The lowest BCUT2D eigenvalue weighted by atomic mass is 9.80. The zero-order valence-electron chi connectivity index (χ0n) is 67.8. The molecule has 116 heavy (non-hydrogen) atoms. The quantitative estimate of drug-likeness (QED) is 0.0417. The molecule has 16 nitrogen and oxygen atoms in total. The van der Waals surface area contributed by atoms with Gasteiger partial charge in [0.1, 0.15) is 80.4 Å². The second-order valence-corrected chi connectivity index (χ2v) is 35.0. The Morgan fingerprint density at radius 1 is 0.336 bits per heavy atom. The second kappa shape index (κ2) is 28.6. The molecule has 15 aromatic rings. The molecule has 2 aliphatic rings. The number of amides is 6. The van der Waals surface area contributed by atoms with Crippen LogP contribution >= 0.6 is 0 Å². The molecule has 0 bridgehead atoms. The average molecular weight is 1540 g/mol. The second-order valence-electron chi connectivity index (χ2n) is 35.0. The van der Waals surface area contributed by atoms with Crippen molar-refractivity contribution in [2.45, 2.75) is 169 Å². The van der Waals surface area contributed by atoms with Crippen LogP contribution in [0.5, 0.6) is 46.0 Å². The molecule has 2 aromatic heterocycles. The Balaban J connectivity index is 0.943. The minimum Gasteiger partial charge on any atom is -0.457 e. The number of nitrogens with zero attached hydrogens (tertiary/aromatic N) is 2. The smallest absolute Gasteiger partial charge is 0.262 e. The predicted molar refractivity (Wildman–Crippen MR) is 458 cm³/mol. The topological polar surface area (TPSA) is 196 Å². The molecule has 2 N–H and O–H groups in total. The van der Waals surface area contributed by atoms with Gasteiger partial charge in [0.2, 0.25) is 11.8 Å². The van der Waals surface area contributed by atoms with E-state index < -0.39 is 47.5 Å². The van der Waals surface area contributed by atoms with Crippen LogP contribution in [0.3, 0.4) is 0 Å². The van der Waals surface area contributed by atoms with Gasteiger partial charge in [0, 0.05) is 88.9 Å². The number of carbonyl (C=O) groups is 6. The third-order valence-corrected chi connectivity index (χ3v) is 23.0. The van der Waals surface area contributed by atoms with Crippen molar-refractivity contribution in [3.05, 3.63) is 262 Å². The van der Waals surface area contributed by atoms with Crippen LogP contribution in [-0.2, 0) is 44.3 Å². The zero-order valence-corrected chi connectivity index (χ0v) is 67.8. The van der Waals surface area contributed by atoms with Gasteiger partial charge in [-0.3, -0.25) is 38.6 Å². The molecule has 13 aromatic carbocycles. The Kier molecular flexibility index (Phi) is 18.7. The van der Waals surface area contributed by atoms with Crippen LogP contribution in [0.15, 0.2) is 215 Å². The molecule has 2 aliphatic heterocycles. The fourth-order valence-corrected chi connectivity index (χ4v) is 16.8. The normalized spacial score (nSPS) is 14.0. The maximum absolute atomic E-state index is 16.7. The molecule has 584 valence electrons. The van der Waals surface area contributed by atoms with Crippen molar-refractivity contribution in [2.75, 3.05) is 0 Å². The summed E-state index contributed by atoms with van der Waals surface area (Å²) in [6, 6.07) is 61.8. The summed E-state index contributed by atoms with van der Waals surface area (Å²) < 4.78 is 42.5. The minimum atomic E-state index is -1.34. The van der Waals surface area contributed by atoms with Gasteiger partial charge in [0.15, 0.2) is 0 Å².